The first kappa shape index (κ1) is 18.0. The molecule has 3 heterocycles. The van der Waals surface area contributed by atoms with Gasteiger partial charge in [0.2, 0.25) is 11.8 Å². The second kappa shape index (κ2) is 8.08. The molecule has 1 atom stereocenters. The SMILES string of the molecule is O=C(Nc1ccc(-c2ccn[nH]2)cc1)[C@H]1CCCN(C(=O)Cn2ccnc2)C1. The minimum Gasteiger partial charge on any atom is -0.340 e. The van der Waals surface area contributed by atoms with Gasteiger partial charge in [-0.15, -0.1) is 0 Å². The summed E-state index contributed by atoms with van der Waals surface area (Å²) in [4.78, 5) is 30.9. The van der Waals surface area contributed by atoms with E-state index in [1.807, 2.05) is 30.3 Å². The zero-order chi connectivity index (χ0) is 19.3. The number of H-pyrrole nitrogens is 1. The highest BCUT2D eigenvalue weighted by atomic mass is 16.2. The van der Waals surface area contributed by atoms with Crippen LogP contribution in [0.5, 0.6) is 0 Å². The number of nitrogens with zero attached hydrogens (tertiary/aromatic N) is 4. The van der Waals surface area contributed by atoms with Crippen molar-refractivity contribution in [3.8, 4) is 11.3 Å². The second-order valence-electron chi connectivity index (χ2n) is 6.95. The Kier molecular flexibility index (Phi) is 5.18. The molecule has 28 heavy (non-hydrogen) atoms. The Morgan fingerprint density at radius 1 is 1.18 bits per heavy atom. The summed E-state index contributed by atoms with van der Waals surface area (Å²) in [6, 6.07) is 9.51. The molecular formula is C20H22N6O2. The van der Waals surface area contributed by atoms with Gasteiger partial charge in [-0.25, -0.2) is 4.98 Å². The van der Waals surface area contributed by atoms with Crippen molar-refractivity contribution >= 4 is 17.5 Å². The van der Waals surface area contributed by atoms with Gasteiger partial charge < -0.3 is 14.8 Å². The number of amides is 2. The fourth-order valence-electron chi connectivity index (χ4n) is 3.45. The lowest BCUT2D eigenvalue weighted by atomic mass is 9.97. The van der Waals surface area contributed by atoms with Crippen molar-refractivity contribution in [2.24, 2.45) is 5.92 Å². The maximum absolute atomic E-state index is 12.7. The molecule has 1 aliphatic rings. The van der Waals surface area contributed by atoms with E-state index in [-0.39, 0.29) is 24.3 Å². The molecule has 1 saturated heterocycles. The Balaban J connectivity index is 1.34. The molecule has 0 aliphatic carbocycles. The molecule has 1 fully saturated rings. The summed E-state index contributed by atoms with van der Waals surface area (Å²) in [5.74, 6) is -0.235. The van der Waals surface area contributed by atoms with Crippen LogP contribution in [0.2, 0.25) is 0 Å². The lowest BCUT2D eigenvalue weighted by molar-refractivity contribution is -0.135. The predicted octanol–water partition coefficient (Wildman–Crippen LogP) is 2.15. The normalized spacial score (nSPS) is 16.7. The van der Waals surface area contributed by atoms with Gasteiger partial charge in [-0.2, -0.15) is 5.10 Å². The monoisotopic (exact) mass is 378 g/mol. The highest BCUT2D eigenvalue weighted by Gasteiger charge is 2.28. The number of imidazole rings is 1. The maximum Gasteiger partial charge on any atom is 0.242 e. The summed E-state index contributed by atoms with van der Waals surface area (Å²) in [7, 11) is 0. The second-order valence-corrected chi connectivity index (χ2v) is 6.95. The third-order valence-electron chi connectivity index (χ3n) is 4.99. The minimum absolute atomic E-state index is 0.0133. The van der Waals surface area contributed by atoms with E-state index in [0.29, 0.717) is 13.1 Å². The number of hydrogen-bond donors (Lipinski definition) is 2. The Hall–Kier alpha value is -3.42. The molecule has 0 radical (unpaired) electrons. The van der Waals surface area contributed by atoms with Crippen molar-refractivity contribution in [2.45, 2.75) is 19.4 Å². The number of aromatic amines is 1. The van der Waals surface area contributed by atoms with Crippen LogP contribution >= 0.6 is 0 Å². The van der Waals surface area contributed by atoms with Gasteiger partial charge in [-0.3, -0.25) is 14.7 Å². The highest BCUT2D eigenvalue weighted by molar-refractivity contribution is 5.93. The van der Waals surface area contributed by atoms with Gasteiger partial charge in [-0.1, -0.05) is 12.1 Å². The van der Waals surface area contributed by atoms with Crippen molar-refractivity contribution in [1.82, 2.24) is 24.6 Å². The third kappa shape index (κ3) is 4.11. The first-order valence-corrected chi connectivity index (χ1v) is 9.33. The molecule has 2 aromatic heterocycles. The molecular weight excluding hydrogens is 356 g/mol. The number of piperidine rings is 1. The molecule has 1 aromatic carbocycles. The van der Waals surface area contributed by atoms with Crippen LogP contribution in [-0.4, -0.2) is 49.6 Å². The molecule has 1 aliphatic heterocycles. The summed E-state index contributed by atoms with van der Waals surface area (Å²) in [6.45, 7) is 1.39. The van der Waals surface area contributed by atoms with Gasteiger partial charge >= 0.3 is 0 Å². The zero-order valence-corrected chi connectivity index (χ0v) is 15.4. The van der Waals surface area contributed by atoms with Crippen molar-refractivity contribution in [3.05, 3.63) is 55.2 Å². The van der Waals surface area contributed by atoms with Gasteiger partial charge in [-0.05, 0) is 36.6 Å². The molecule has 0 spiro atoms. The molecule has 0 unspecified atom stereocenters. The molecule has 3 aromatic rings. The van der Waals surface area contributed by atoms with E-state index in [1.54, 1.807) is 34.4 Å². The highest BCUT2D eigenvalue weighted by Crippen LogP contribution is 2.22. The number of anilines is 1. The van der Waals surface area contributed by atoms with Crippen LogP contribution < -0.4 is 5.32 Å². The Bertz CT molecular complexity index is 918. The van der Waals surface area contributed by atoms with Crippen molar-refractivity contribution in [2.75, 3.05) is 18.4 Å². The first-order valence-electron chi connectivity index (χ1n) is 9.33. The smallest absolute Gasteiger partial charge is 0.242 e. The largest absolute Gasteiger partial charge is 0.340 e. The Morgan fingerprint density at radius 2 is 2.04 bits per heavy atom. The number of carbonyl (C=O) groups excluding carboxylic acids is 2. The molecule has 0 bridgehead atoms. The maximum atomic E-state index is 12.7. The fraction of sp³-hybridized carbons (Fsp3) is 0.300. The summed E-state index contributed by atoms with van der Waals surface area (Å²) in [6.07, 6.45) is 8.35. The van der Waals surface area contributed by atoms with E-state index in [2.05, 4.69) is 20.5 Å². The van der Waals surface area contributed by atoms with Crippen LogP contribution in [-0.2, 0) is 16.1 Å². The van der Waals surface area contributed by atoms with E-state index in [4.69, 9.17) is 0 Å². The van der Waals surface area contributed by atoms with Gasteiger partial charge in [0.25, 0.3) is 0 Å². The molecule has 2 N–H and O–H groups in total. The summed E-state index contributed by atoms with van der Waals surface area (Å²) in [5.41, 5.74) is 2.68. The van der Waals surface area contributed by atoms with Crippen molar-refractivity contribution in [3.63, 3.8) is 0 Å². The topological polar surface area (TPSA) is 95.9 Å². The van der Waals surface area contributed by atoms with Gasteiger partial charge in [0, 0.05) is 37.4 Å². The van der Waals surface area contributed by atoms with E-state index >= 15 is 0 Å². The van der Waals surface area contributed by atoms with Crippen molar-refractivity contribution < 1.29 is 9.59 Å². The molecule has 0 saturated carbocycles. The quantitative estimate of drug-likeness (QED) is 0.711. The molecule has 2 amide bonds. The lowest BCUT2D eigenvalue weighted by Gasteiger charge is -2.32. The summed E-state index contributed by atoms with van der Waals surface area (Å²) >= 11 is 0. The summed E-state index contributed by atoms with van der Waals surface area (Å²) in [5, 5.41) is 9.83. The molecule has 8 nitrogen and oxygen atoms in total. The molecule has 8 heteroatoms. The molecule has 144 valence electrons. The minimum atomic E-state index is -0.201. The zero-order valence-electron chi connectivity index (χ0n) is 15.4. The number of rotatable bonds is 5. The number of aromatic nitrogens is 4. The Labute approximate surface area is 162 Å². The first-order chi connectivity index (χ1) is 13.7. The Morgan fingerprint density at radius 3 is 2.75 bits per heavy atom. The lowest BCUT2D eigenvalue weighted by Crippen LogP contribution is -2.44. The average Bonchev–Trinajstić information content (AvgIpc) is 3.43. The van der Waals surface area contributed by atoms with E-state index in [1.165, 1.54) is 0 Å². The standard InChI is InChI=1S/C20H22N6O2/c27-19(13-25-11-9-21-14-25)26-10-1-2-16(12-26)20(28)23-17-5-3-15(4-6-17)18-7-8-22-24-18/h3-9,11,14,16H,1-2,10,12-13H2,(H,22,24)(H,23,28)/t16-/m0/s1. The van der Waals surface area contributed by atoms with Crippen LogP contribution in [0, 0.1) is 5.92 Å². The third-order valence-corrected chi connectivity index (χ3v) is 4.99. The number of carbonyl (C=O) groups is 2. The number of benzene rings is 1. The van der Waals surface area contributed by atoms with Crippen LogP contribution in [0.3, 0.4) is 0 Å². The van der Waals surface area contributed by atoms with E-state index < -0.39 is 0 Å². The van der Waals surface area contributed by atoms with Crippen LogP contribution in [0.15, 0.2) is 55.2 Å². The van der Waals surface area contributed by atoms with Crippen LogP contribution in [0.25, 0.3) is 11.3 Å². The molecule has 4 rings (SSSR count). The van der Waals surface area contributed by atoms with Crippen LogP contribution in [0.1, 0.15) is 12.8 Å². The van der Waals surface area contributed by atoms with Gasteiger partial charge in [0.05, 0.1) is 17.9 Å². The fourth-order valence-corrected chi connectivity index (χ4v) is 3.45. The van der Waals surface area contributed by atoms with E-state index in [9.17, 15) is 9.59 Å². The number of nitrogens with one attached hydrogen (secondary N) is 2. The van der Waals surface area contributed by atoms with Crippen LogP contribution in [0.4, 0.5) is 5.69 Å². The van der Waals surface area contributed by atoms with Gasteiger partial charge in [0.1, 0.15) is 6.54 Å². The number of likely N-dealkylation sites (tertiary alicyclic amines) is 1. The van der Waals surface area contributed by atoms with Gasteiger partial charge in [0.15, 0.2) is 0 Å². The average molecular weight is 378 g/mol. The summed E-state index contributed by atoms with van der Waals surface area (Å²) < 4.78 is 1.74. The number of hydrogen-bond acceptors (Lipinski definition) is 4. The predicted molar refractivity (Wildman–Crippen MR) is 104 cm³/mol. The van der Waals surface area contributed by atoms with E-state index in [0.717, 1.165) is 29.8 Å². The van der Waals surface area contributed by atoms with Crippen molar-refractivity contribution in [1.29, 1.82) is 0 Å².